The Kier molecular flexibility index (Phi) is 4.62. The minimum absolute atomic E-state index is 0.0374. The summed E-state index contributed by atoms with van der Waals surface area (Å²) in [4.78, 5) is 20.6. The average molecular weight is 367 g/mol. The van der Waals surface area contributed by atoms with Crippen LogP contribution in [-0.2, 0) is 0 Å². The lowest BCUT2D eigenvalue weighted by Gasteiger charge is -2.05. The van der Waals surface area contributed by atoms with Gasteiger partial charge in [-0.15, -0.1) is 0 Å². The molecular formula is C17H13N5O5. The van der Waals surface area contributed by atoms with E-state index in [1.807, 2.05) is 0 Å². The monoisotopic (exact) mass is 367 g/mol. The van der Waals surface area contributed by atoms with Crippen molar-refractivity contribution in [3.63, 3.8) is 0 Å². The molecule has 2 aromatic carbocycles. The van der Waals surface area contributed by atoms with Crippen molar-refractivity contribution in [2.45, 2.75) is 6.92 Å². The molecule has 1 aromatic heterocycles. The van der Waals surface area contributed by atoms with Gasteiger partial charge in [-0.05, 0) is 31.2 Å². The topological polar surface area (TPSA) is 148 Å². The van der Waals surface area contributed by atoms with Gasteiger partial charge >= 0.3 is 0 Å². The summed E-state index contributed by atoms with van der Waals surface area (Å²) >= 11 is 0. The summed E-state index contributed by atoms with van der Waals surface area (Å²) in [5.41, 5.74) is 4.14. The van der Waals surface area contributed by atoms with E-state index < -0.39 is 9.85 Å². The molecule has 0 fully saturated rings. The molecule has 0 atom stereocenters. The summed E-state index contributed by atoms with van der Waals surface area (Å²) in [6.45, 7) is 1.64. The average Bonchev–Trinajstić information content (AvgIpc) is 2.65. The van der Waals surface area contributed by atoms with Crippen LogP contribution in [0.2, 0.25) is 0 Å². The number of nitro benzene ring substituents is 2. The molecule has 0 saturated heterocycles. The van der Waals surface area contributed by atoms with Gasteiger partial charge in [-0.1, -0.05) is 0 Å². The second-order valence-corrected chi connectivity index (χ2v) is 5.58. The lowest BCUT2D eigenvalue weighted by molar-refractivity contribution is -0.385. The molecule has 0 bridgehead atoms. The minimum Gasteiger partial charge on any atom is -0.438 e. The number of non-ortho nitro benzene ring substituents is 2. The first-order chi connectivity index (χ1) is 12.8. The van der Waals surface area contributed by atoms with Gasteiger partial charge in [-0.2, -0.15) is 5.10 Å². The molecule has 0 aliphatic carbocycles. The lowest BCUT2D eigenvalue weighted by Crippen LogP contribution is -2.13. The van der Waals surface area contributed by atoms with E-state index in [4.69, 9.17) is 9.83 Å². The number of hydrazone groups is 1. The number of hydrogen-bond acceptors (Lipinski definition) is 8. The summed E-state index contributed by atoms with van der Waals surface area (Å²) in [6, 6.07) is 11.4. The lowest BCUT2D eigenvalue weighted by atomic mass is 10.1. The van der Waals surface area contributed by atoms with Gasteiger partial charge < -0.3 is 4.42 Å². The van der Waals surface area contributed by atoms with Crippen LogP contribution in [0.5, 0.6) is 0 Å². The molecule has 0 aliphatic rings. The molecule has 2 N–H and O–H groups in total. The number of benzene rings is 2. The van der Waals surface area contributed by atoms with E-state index in [9.17, 15) is 20.2 Å². The fourth-order valence-corrected chi connectivity index (χ4v) is 2.38. The third-order valence-electron chi connectivity index (χ3n) is 3.78. The Labute approximate surface area is 151 Å². The Balaban J connectivity index is 1.91. The van der Waals surface area contributed by atoms with Crippen molar-refractivity contribution in [2.24, 2.45) is 5.10 Å². The molecule has 3 aromatic rings. The number of rotatable bonds is 5. The highest BCUT2D eigenvalue weighted by atomic mass is 16.6. The molecule has 3 rings (SSSR count). The van der Waals surface area contributed by atoms with Crippen molar-refractivity contribution < 1.29 is 14.3 Å². The smallest absolute Gasteiger partial charge is 0.270 e. The van der Waals surface area contributed by atoms with Gasteiger partial charge in [-0.3, -0.25) is 31.1 Å². The third-order valence-corrected chi connectivity index (χ3v) is 3.78. The fraction of sp³-hybridized carbons (Fsp3) is 0.0588. The summed E-state index contributed by atoms with van der Waals surface area (Å²) in [5, 5.41) is 34.2. The maximum absolute atomic E-state index is 10.9. The SMILES string of the molecule is C/C(=N\Nc1ccc([N+](=O)[O-])cc1)c1cc2cc([N+](=O)[O-])ccc2oc1=N. The summed E-state index contributed by atoms with van der Waals surface area (Å²) in [7, 11) is 0. The van der Waals surface area contributed by atoms with Gasteiger partial charge in [0, 0.05) is 29.7 Å². The van der Waals surface area contributed by atoms with E-state index >= 15 is 0 Å². The highest BCUT2D eigenvalue weighted by Gasteiger charge is 2.11. The number of nitrogens with zero attached hydrogens (tertiary/aromatic N) is 3. The van der Waals surface area contributed by atoms with E-state index in [0.29, 0.717) is 27.9 Å². The van der Waals surface area contributed by atoms with E-state index in [2.05, 4.69) is 10.5 Å². The van der Waals surface area contributed by atoms with Crippen LogP contribution in [0.4, 0.5) is 17.1 Å². The van der Waals surface area contributed by atoms with Crippen LogP contribution in [0.3, 0.4) is 0 Å². The Morgan fingerprint density at radius 1 is 1.04 bits per heavy atom. The molecule has 10 nitrogen and oxygen atoms in total. The minimum atomic E-state index is -0.509. The zero-order valence-corrected chi connectivity index (χ0v) is 14.0. The third kappa shape index (κ3) is 3.79. The number of nitro groups is 2. The maximum Gasteiger partial charge on any atom is 0.270 e. The Hall–Kier alpha value is -4.08. The predicted molar refractivity (Wildman–Crippen MR) is 97.7 cm³/mol. The normalized spacial score (nSPS) is 11.4. The molecular weight excluding hydrogens is 354 g/mol. The van der Waals surface area contributed by atoms with Crippen molar-refractivity contribution in [3.8, 4) is 0 Å². The Bertz CT molecular complexity index is 1130. The largest absolute Gasteiger partial charge is 0.438 e. The van der Waals surface area contributed by atoms with Crippen LogP contribution in [0.1, 0.15) is 12.5 Å². The first-order valence-corrected chi connectivity index (χ1v) is 7.67. The maximum atomic E-state index is 10.9. The van der Waals surface area contributed by atoms with Crippen LogP contribution in [0.25, 0.3) is 11.0 Å². The molecule has 136 valence electrons. The number of anilines is 1. The van der Waals surface area contributed by atoms with Crippen LogP contribution in [0, 0.1) is 25.6 Å². The van der Waals surface area contributed by atoms with Crippen molar-refractivity contribution in [1.29, 1.82) is 5.41 Å². The van der Waals surface area contributed by atoms with Crippen LogP contribution < -0.4 is 11.0 Å². The van der Waals surface area contributed by atoms with Crippen molar-refractivity contribution >= 4 is 33.7 Å². The molecule has 0 radical (unpaired) electrons. The van der Waals surface area contributed by atoms with Gasteiger partial charge in [0.15, 0.2) is 0 Å². The molecule has 0 saturated carbocycles. The van der Waals surface area contributed by atoms with Crippen molar-refractivity contribution in [1.82, 2.24) is 0 Å². The van der Waals surface area contributed by atoms with Gasteiger partial charge in [0.05, 0.1) is 26.8 Å². The number of nitrogens with one attached hydrogen (secondary N) is 2. The molecule has 0 spiro atoms. The van der Waals surface area contributed by atoms with Crippen molar-refractivity contribution in [3.05, 3.63) is 79.9 Å². The molecule has 0 amide bonds. The highest BCUT2D eigenvalue weighted by Crippen LogP contribution is 2.21. The zero-order valence-electron chi connectivity index (χ0n) is 14.0. The molecule has 27 heavy (non-hydrogen) atoms. The van der Waals surface area contributed by atoms with E-state index in [1.165, 1.54) is 42.5 Å². The first-order valence-electron chi connectivity index (χ1n) is 7.67. The van der Waals surface area contributed by atoms with Gasteiger partial charge in [0.1, 0.15) is 5.58 Å². The van der Waals surface area contributed by atoms with Crippen LogP contribution in [0.15, 0.2) is 58.0 Å². The Morgan fingerprint density at radius 3 is 2.30 bits per heavy atom. The molecule has 0 aliphatic heterocycles. The highest BCUT2D eigenvalue weighted by molar-refractivity contribution is 6.00. The van der Waals surface area contributed by atoms with Gasteiger partial charge in [0.25, 0.3) is 11.4 Å². The van der Waals surface area contributed by atoms with Gasteiger partial charge in [0.2, 0.25) is 5.55 Å². The summed E-state index contributed by atoms with van der Waals surface area (Å²) < 4.78 is 5.40. The molecule has 10 heteroatoms. The summed E-state index contributed by atoms with van der Waals surface area (Å²) in [6.07, 6.45) is 0. The first kappa shape index (κ1) is 17.7. The quantitative estimate of drug-likeness (QED) is 0.400. The standard InChI is InChI=1S/C17H13N5O5/c1-10(19-20-12-2-4-13(5-3-12)21(23)24)15-9-11-8-14(22(25)26)6-7-16(11)27-17(15)18/h2-9,18,20H,1H3/b18-17?,19-10+. The van der Waals surface area contributed by atoms with Crippen molar-refractivity contribution in [2.75, 3.05) is 5.43 Å². The second-order valence-electron chi connectivity index (χ2n) is 5.58. The van der Waals surface area contributed by atoms with Crippen LogP contribution >= 0.6 is 0 Å². The van der Waals surface area contributed by atoms with E-state index in [-0.39, 0.29) is 16.9 Å². The number of fused-ring (bicyclic) bond motifs is 1. The van der Waals surface area contributed by atoms with Gasteiger partial charge in [-0.25, -0.2) is 0 Å². The Morgan fingerprint density at radius 2 is 1.67 bits per heavy atom. The number of hydrogen-bond donors (Lipinski definition) is 2. The second kappa shape index (κ2) is 7.04. The molecule has 1 heterocycles. The fourth-order valence-electron chi connectivity index (χ4n) is 2.38. The van der Waals surface area contributed by atoms with Crippen LogP contribution in [-0.4, -0.2) is 15.6 Å². The van der Waals surface area contributed by atoms with E-state index in [0.717, 1.165) is 0 Å². The van der Waals surface area contributed by atoms with E-state index in [1.54, 1.807) is 13.0 Å². The summed E-state index contributed by atoms with van der Waals surface area (Å²) in [5.74, 6) is 0. The predicted octanol–water partition coefficient (Wildman–Crippen LogP) is 3.56. The molecule has 0 unspecified atom stereocenters. The zero-order chi connectivity index (χ0) is 19.6.